The highest BCUT2D eigenvalue weighted by atomic mass is 15.0. The van der Waals surface area contributed by atoms with Gasteiger partial charge in [0.1, 0.15) is 5.65 Å². The molecule has 0 N–H and O–H groups in total. The Morgan fingerprint density at radius 1 is 0.128 bits per heavy atom. The molecule has 0 amide bonds. The Labute approximate surface area is 864 Å². The standard InChI is InChI=1S/C51H34N2.C50H32N2.C42H28N2/c1-3-11-35(12-4-1)37-20-26-41(27-21-37)50-44-15-7-8-16-45(44)51(42-28-22-38(23-29-42)36-13-5-2-6-14-36)47-33-43(30-31-46(47)50)39-18-24-40(25-19-39)48-34-53-32-10-9-17-49(53)52-48;1-3-13-35-30-40(24-22-33(35)11-1)49-42-17-5-6-18-43(42)50(41-25-23-34-12-2-4-14-36(34)31-41)45-32-38(26-27-44(45)49)37-15-9-16-39(29-37)46-20-10-21-48(52-46)47-19-7-8-28-51-47;1-3-13-29(14-4-1)41-34-19-7-8-20-35(34)42(30-15-5-2-6-16-30)37-28-32(24-25-36(37)41)31-17-11-18-33(27-31)38-22-12-23-40(44-38)39-21-9-10-26-43-39/h1-34H;1-32H;1-28H. The molecule has 0 unspecified atom stereocenters. The summed E-state index contributed by atoms with van der Waals surface area (Å²) in [6, 6.07) is 196. The molecule has 0 spiro atoms. The molecule has 0 fully saturated rings. The van der Waals surface area contributed by atoms with Crippen LogP contribution in [0.2, 0.25) is 0 Å². The first-order valence-corrected chi connectivity index (χ1v) is 50.8. The van der Waals surface area contributed by atoms with Crippen molar-refractivity contribution in [2.45, 2.75) is 0 Å². The number of pyridine rings is 5. The van der Waals surface area contributed by atoms with Gasteiger partial charge in [-0.15, -0.1) is 0 Å². The molecule has 6 heterocycles. The zero-order valence-corrected chi connectivity index (χ0v) is 81.5. The highest BCUT2D eigenvalue weighted by molar-refractivity contribution is 6.26. The average molecular weight is 1900 g/mol. The van der Waals surface area contributed by atoms with E-state index in [1.165, 1.54) is 192 Å². The Bertz CT molecular complexity index is 9880. The lowest BCUT2D eigenvalue weighted by Gasteiger charge is -2.19. The van der Waals surface area contributed by atoms with E-state index in [9.17, 15) is 0 Å². The third-order valence-corrected chi connectivity index (χ3v) is 29.0. The largest absolute Gasteiger partial charge is 0.306 e. The van der Waals surface area contributed by atoms with Crippen molar-refractivity contribution in [3.05, 3.63) is 571 Å². The molecule has 0 saturated heterocycles. The van der Waals surface area contributed by atoms with Crippen LogP contribution >= 0.6 is 0 Å². The molecule has 6 heteroatoms. The summed E-state index contributed by atoms with van der Waals surface area (Å²) in [5, 5.41) is 19.9. The van der Waals surface area contributed by atoms with Crippen LogP contribution in [0.5, 0.6) is 0 Å². The van der Waals surface area contributed by atoms with Crippen molar-refractivity contribution < 1.29 is 0 Å². The summed E-state index contributed by atoms with van der Waals surface area (Å²) in [6.45, 7) is 0. The van der Waals surface area contributed by atoms with E-state index in [1.54, 1.807) is 6.20 Å². The molecule has 0 aliphatic rings. The van der Waals surface area contributed by atoms with Crippen LogP contribution in [0.4, 0.5) is 0 Å². The molecule has 6 nitrogen and oxygen atoms in total. The van der Waals surface area contributed by atoms with Gasteiger partial charge in [-0.3, -0.25) is 9.97 Å². The number of imidazole rings is 1. The Kier molecular flexibility index (Phi) is 23.7. The fraction of sp³-hybridized carbons (Fsp3) is 0. The fourth-order valence-electron chi connectivity index (χ4n) is 21.9. The predicted octanol–water partition coefficient (Wildman–Crippen LogP) is 38.2. The number of nitrogens with zero attached hydrogens (tertiary/aromatic N) is 6. The first-order valence-electron chi connectivity index (χ1n) is 50.8. The maximum absolute atomic E-state index is 5.02. The van der Waals surface area contributed by atoms with Gasteiger partial charge in [0.2, 0.25) is 0 Å². The molecule has 0 atom stereocenters. The molecule has 28 aromatic rings. The summed E-state index contributed by atoms with van der Waals surface area (Å²) in [7, 11) is 0. The van der Waals surface area contributed by atoms with Crippen LogP contribution in [0, 0.1) is 0 Å². The Morgan fingerprint density at radius 3 is 0.792 bits per heavy atom. The van der Waals surface area contributed by atoms with E-state index >= 15 is 0 Å². The van der Waals surface area contributed by atoms with E-state index in [4.69, 9.17) is 15.0 Å². The van der Waals surface area contributed by atoms with Crippen molar-refractivity contribution in [2.24, 2.45) is 0 Å². The minimum absolute atomic E-state index is 0.863. The topological polar surface area (TPSA) is 68.9 Å². The maximum Gasteiger partial charge on any atom is 0.137 e. The normalized spacial score (nSPS) is 11.4. The van der Waals surface area contributed by atoms with Crippen LogP contribution < -0.4 is 0 Å². The molecule has 28 rings (SSSR count). The Morgan fingerprint density at radius 2 is 0.389 bits per heavy atom. The third-order valence-electron chi connectivity index (χ3n) is 29.0. The molecule has 0 saturated carbocycles. The molecule has 22 aromatic carbocycles. The van der Waals surface area contributed by atoms with E-state index in [1.807, 2.05) is 79.1 Å². The first-order chi connectivity index (χ1) is 73.9. The van der Waals surface area contributed by atoms with Crippen LogP contribution in [0.3, 0.4) is 0 Å². The zero-order chi connectivity index (χ0) is 98.9. The van der Waals surface area contributed by atoms with Crippen LogP contribution in [0.15, 0.2) is 571 Å². The average Bonchev–Trinajstić information content (AvgIpc) is 1.02. The van der Waals surface area contributed by atoms with Gasteiger partial charge in [0.15, 0.2) is 0 Å². The van der Waals surface area contributed by atoms with Gasteiger partial charge < -0.3 is 4.40 Å². The van der Waals surface area contributed by atoms with Crippen LogP contribution in [0.25, 0.3) is 271 Å². The second-order valence-corrected chi connectivity index (χ2v) is 38.0. The minimum Gasteiger partial charge on any atom is -0.306 e. The van der Waals surface area contributed by atoms with Crippen LogP contribution in [0.1, 0.15) is 0 Å². The van der Waals surface area contributed by atoms with Gasteiger partial charge in [-0.2, -0.15) is 0 Å². The van der Waals surface area contributed by atoms with Gasteiger partial charge in [-0.05, 0) is 312 Å². The number of hydrogen-bond acceptors (Lipinski definition) is 5. The number of rotatable bonds is 16. The van der Waals surface area contributed by atoms with Gasteiger partial charge in [-0.25, -0.2) is 15.0 Å². The SMILES string of the molecule is c1ccc(-c2c3ccccc3c(-c3ccccc3)c3cc(-c4cccc(-c5cccc(-c6ccccn6)n5)c4)ccc23)cc1.c1ccc(-c2ccc(-c3c4ccccc4c(-c4ccc(-c5ccccc5)cc4)c4cc(-c5ccc(-c6cn7ccccc7n6)cc5)ccc34)cc2)cc1.c1ccc(-c2cccc(-c3cccc(-c4ccc5c(-c6ccc7ccccc7c6)c6ccccc6c(-c6ccc7ccccc7c6)c5c4)c3)n2)nc1. The number of aromatic nitrogens is 6. The zero-order valence-electron chi connectivity index (χ0n) is 81.5. The van der Waals surface area contributed by atoms with E-state index in [0.717, 1.165) is 78.9 Å². The lowest BCUT2D eigenvalue weighted by Crippen LogP contribution is -1.92. The maximum atomic E-state index is 5.02. The van der Waals surface area contributed by atoms with Gasteiger partial charge in [0.25, 0.3) is 0 Å². The van der Waals surface area contributed by atoms with E-state index in [0.29, 0.717) is 0 Å². The fourth-order valence-corrected chi connectivity index (χ4v) is 21.9. The lowest BCUT2D eigenvalue weighted by atomic mass is 9.84. The number of hydrogen-bond donors (Lipinski definition) is 0. The summed E-state index contributed by atoms with van der Waals surface area (Å²) in [4.78, 5) is 23.9. The second-order valence-electron chi connectivity index (χ2n) is 38.0. The van der Waals surface area contributed by atoms with Crippen molar-refractivity contribution >= 4 is 91.8 Å². The molecule has 0 radical (unpaired) electrons. The third kappa shape index (κ3) is 17.5. The Balaban J connectivity index is 0.000000113. The van der Waals surface area contributed by atoms with Crippen LogP contribution in [-0.2, 0) is 0 Å². The highest BCUT2D eigenvalue weighted by Gasteiger charge is 2.25. The van der Waals surface area contributed by atoms with Gasteiger partial charge in [-0.1, -0.05) is 443 Å². The summed E-state index contributed by atoms with van der Waals surface area (Å²) in [6.07, 6.45) is 7.75. The predicted molar refractivity (Wildman–Crippen MR) is 626 cm³/mol. The van der Waals surface area contributed by atoms with Crippen molar-refractivity contribution in [3.8, 4) is 179 Å². The molecular weight excluding hydrogens is 1800 g/mol. The molecule has 149 heavy (non-hydrogen) atoms. The van der Waals surface area contributed by atoms with E-state index in [-0.39, 0.29) is 0 Å². The van der Waals surface area contributed by atoms with Gasteiger partial charge >= 0.3 is 0 Å². The van der Waals surface area contributed by atoms with Crippen molar-refractivity contribution in [1.29, 1.82) is 0 Å². The molecule has 0 aliphatic carbocycles. The number of fused-ring (bicyclic) bond motifs is 9. The van der Waals surface area contributed by atoms with Crippen LogP contribution in [-0.4, -0.2) is 29.3 Å². The molecule has 6 aromatic heterocycles. The molecule has 0 bridgehead atoms. The van der Waals surface area contributed by atoms with Gasteiger partial charge in [0, 0.05) is 41.5 Å². The first kappa shape index (κ1) is 89.3. The van der Waals surface area contributed by atoms with E-state index < -0.39 is 0 Å². The van der Waals surface area contributed by atoms with Crippen molar-refractivity contribution in [1.82, 2.24) is 29.3 Å². The monoisotopic (exact) mass is 1890 g/mol. The molecule has 0 aliphatic heterocycles. The smallest absolute Gasteiger partial charge is 0.137 e. The summed E-state index contributed by atoms with van der Waals surface area (Å²) in [5.41, 5.74) is 37.2. The lowest BCUT2D eigenvalue weighted by molar-refractivity contribution is 1.19. The Hall–Kier alpha value is -19.8. The van der Waals surface area contributed by atoms with E-state index in [2.05, 4.69) is 500 Å². The minimum atomic E-state index is 0.863. The summed E-state index contributed by atoms with van der Waals surface area (Å²) >= 11 is 0. The highest BCUT2D eigenvalue weighted by Crippen LogP contribution is 2.51. The summed E-state index contributed by atoms with van der Waals surface area (Å²) in [5.74, 6) is 0. The second kappa shape index (κ2) is 39.5. The molecule has 696 valence electrons. The summed E-state index contributed by atoms with van der Waals surface area (Å²) < 4.78 is 2.07. The molecular formula is C143H94N6. The van der Waals surface area contributed by atoms with Crippen molar-refractivity contribution in [3.63, 3.8) is 0 Å². The number of benzene rings is 22. The quantitative estimate of drug-likeness (QED) is 0.0902. The van der Waals surface area contributed by atoms with Gasteiger partial charge in [0.05, 0.1) is 39.9 Å². The van der Waals surface area contributed by atoms with Crippen molar-refractivity contribution in [2.75, 3.05) is 0 Å².